The Kier molecular flexibility index (Phi) is 5.77. The van der Waals surface area contributed by atoms with E-state index in [1.54, 1.807) is 6.20 Å². The molecular formula is C21H21N3O. The minimum Gasteiger partial charge on any atom is -0.489 e. The normalized spacial score (nSPS) is 11.3. The van der Waals surface area contributed by atoms with Gasteiger partial charge in [0, 0.05) is 19.0 Å². The van der Waals surface area contributed by atoms with Crippen molar-refractivity contribution in [2.45, 2.75) is 12.8 Å². The molecule has 0 saturated carbocycles. The number of benzene rings is 2. The van der Waals surface area contributed by atoms with E-state index >= 15 is 0 Å². The van der Waals surface area contributed by atoms with Gasteiger partial charge in [0.05, 0.1) is 6.61 Å². The predicted molar refractivity (Wildman–Crippen MR) is 101 cm³/mol. The van der Waals surface area contributed by atoms with E-state index in [1.165, 1.54) is 5.56 Å². The van der Waals surface area contributed by atoms with Crippen LogP contribution in [0, 0.1) is 0 Å². The lowest BCUT2D eigenvalue weighted by molar-refractivity contribution is 0.322. The summed E-state index contributed by atoms with van der Waals surface area (Å²) >= 11 is 0. The van der Waals surface area contributed by atoms with Crippen molar-refractivity contribution in [3.8, 4) is 5.75 Å². The Labute approximate surface area is 148 Å². The molecule has 0 radical (unpaired) electrons. The van der Waals surface area contributed by atoms with Gasteiger partial charge in [0.1, 0.15) is 5.84 Å². The van der Waals surface area contributed by atoms with Crippen molar-refractivity contribution in [1.82, 2.24) is 4.98 Å². The van der Waals surface area contributed by atoms with E-state index in [-0.39, 0.29) is 0 Å². The minimum atomic E-state index is 0.512. The maximum atomic E-state index is 6.08. The zero-order chi connectivity index (χ0) is 17.3. The second-order valence-electron chi connectivity index (χ2n) is 5.67. The summed E-state index contributed by atoms with van der Waals surface area (Å²) in [5.74, 6) is 1.68. The van der Waals surface area contributed by atoms with E-state index in [0.29, 0.717) is 30.4 Å². The smallest absolute Gasteiger partial charge is 0.196 e. The minimum absolute atomic E-state index is 0.512. The Morgan fingerprint density at radius 2 is 1.56 bits per heavy atom. The van der Waals surface area contributed by atoms with Crippen molar-refractivity contribution >= 4 is 11.7 Å². The van der Waals surface area contributed by atoms with Gasteiger partial charge in [-0.2, -0.15) is 0 Å². The zero-order valence-electron chi connectivity index (χ0n) is 14.0. The number of nitrogens with two attached hydrogens (primary N) is 1. The molecule has 4 nitrogen and oxygen atoms in total. The zero-order valence-corrected chi connectivity index (χ0v) is 14.0. The van der Waals surface area contributed by atoms with Gasteiger partial charge >= 0.3 is 0 Å². The van der Waals surface area contributed by atoms with Gasteiger partial charge in [-0.3, -0.25) is 0 Å². The summed E-state index contributed by atoms with van der Waals surface area (Å²) < 4.78 is 5.87. The standard InChI is InChI=1S/C21H21N3O/c22-20(16-18-10-5-2-6-11-18)24-21-19(12-7-14-23-21)25-15-13-17-8-3-1-4-9-17/h1-12,14H,13,15-16H2,(H2,22,23,24). The number of hydrogen-bond donors (Lipinski definition) is 1. The fourth-order valence-corrected chi connectivity index (χ4v) is 2.48. The van der Waals surface area contributed by atoms with Crippen molar-refractivity contribution in [3.05, 3.63) is 90.1 Å². The molecule has 1 heterocycles. The van der Waals surface area contributed by atoms with Crippen LogP contribution in [0.3, 0.4) is 0 Å². The molecule has 2 N–H and O–H groups in total. The van der Waals surface area contributed by atoms with E-state index in [4.69, 9.17) is 10.5 Å². The fourth-order valence-electron chi connectivity index (χ4n) is 2.48. The first kappa shape index (κ1) is 16.7. The van der Waals surface area contributed by atoms with Crippen LogP contribution in [0.4, 0.5) is 5.82 Å². The number of hydrogen-bond acceptors (Lipinski definition) is 3. The van der Waals surface area contributed by atoms with Crippen LogP contribution < -0.4 is 10.5 Å². The third kappa shape index (κ3) is 5.18. The second kappa shape index (κ2) is 8.64. The van der Waals surface area contributed by atoms with Crippen LogP contribution in [0.5, 0.6) is 5.75 Å². The van der Waals surface area contributed by atoms with Gasteiger partial charge < -0.3 is 10.5 Å². The van der Waals surface area contributed by atoms with E-state index < -0.39 is 0 Å². The maximum absolute atomic E-state index is 6.08. The van der Waals surface area contributed by atoms with Gasteiger partial charge in [-0.1, -0.05) is 60.7 Å². The van der Waals surface area contributed by atoms with E-state index in [9.17, 15) is 0 Å². The van der Waals surface area contributed by atoms with Crippen LogP contribution >= 0.6 is 0 Å². The van der Waals surface area contributed by atoms with Crippen LogP contribution in [-0.2, 0) is 12.8 Å². The summed E-state index contributed by atoms with van der Waals surface area (Å²) in [5.41, 5.74) is 8.43. The van der Waals surface area contributed by atoms with E-state index in [2.05, 4.69) is 22.1 Å². The third-order valence-corrected chi connectivity index (χ3v) is 3.72. The van der Waals surface area contributed by atoms with E-state index in [1.807, 2.05) is 60.7 Å². The summed E-state index contributed by atoms with van der Waals surface area (Å²) in [6.45, 7) is 0.566. The molecule has 4 heteroatoms. The topological polar surface area (TPSA) is 60.5 Å². The molecule has 0 aliphatic carbocycles. The van der Waals surface area contributed by atoms with Crippen LogP contribution in [0.2, 0.25) is 0 Å². The molecule has 0 spiro atoms. The van der Waals surface area contributed by atoms with Gasteiger partial charge in [0.2, 0.25) is 0 Å². The number of rotatable bonds is 7. The Bertz CT molecular complexity index is 817. The monoisotopic (exact) mass is 331 g/mol. The Morgan fingerprint density at radius 1 is 0.880 bits per heavy atom. The lowest BCUT2D eigenvalue weighted by atomic mass is 10.1. The van der Waals surface area contributed by atoms with Gasteiger partial charge in [0.15, 0.2) is 11.6 Å². The average molecular weight is 331 g/mol. The molecule has 0 fully saturated rings. The SMILES string of the molecule is NC(Cc1ccccc1)=Nc1ncccc1OCCc1ccccc1. The number of aromatic nitrogens is 1. The Balaban J connectivity index is 1.65. The highest BCUT2D eigenvalue weighted by atomic mass is 16.5. The molecule has 3 rings (SSSR count). The molecule has 0 amide bonds. The molecule has 25 heavy (non-hydrogen) atoms. The predicted octanol–water partition coefficient (Wildman–Crippen LogP) is 3.93. The quantitative estimate of drug-likeness (QED) is 0.527. The number of ether oxygens (including phenoxy) is 1. The molecule has 3 aromatic rings. The summed E-state index contributed by atoms with van der Waals surface area (Å²) in [4.78, 5) is 8.73. The van der Waals surface area contributed by atoms with Gasteiger partial charge in [-0.25, -0.2) is 9.98 Å². The Hall–Kier alpha value is -3.14. The maximum Gasteiger partial charge on any atom is 0.196 e. The Morgan fingerprint density at radius 3 is 2.28 bits per heavy atom. The first-order valence-corrected chi connectivity index (χ1v) is 8.30. The highest BCUT2D eigenvalue weighted by Crippen LogP contribution is 2.24. The van der Waals surface area contributed by atoms with Gasteiger partial charge in [-0.15, -0.1) is 0 Å². The largest absolute Gasteiger partial charge is 0.489 e. The average Bonchev–Trinajstić information content (AvgIpc) is 2.65. The molecule has 0 unspecified atom stereocenters. The first-order chi connectivity index (χ1) is 12.3. The fraction of sp³-hybridized carbons (Fsp3) is 0.143. The second-order valence-corrected chi connectivity index (χ2v) is 5.67. The summed E-state index contributed by atoms with van der Waals surface area (Å²) in [5, 5.41) is 0. The van der Waals surface area contributed by atoms with Crippen LogP contribution in [0.1, 0.15) is 11.1 Å². The molecule has 0 atom stereocenters. The number of aliphatic imine (C=N–C) groups is 1. The molecule has 2 aromatic carbocycles. The van der Waals surface area contributed by atoms with Crippen LogP contribution in [-0.4, -0.2) is 17.4 Å². The molecule has 0 aliphatic heterocycles. The highest BCUT2D eigenvalue weighted by Gasteiger charge is 2.05. The highest BCUT2D eigenvalue weighted by molar-refractivity contribution is 5.85. The van der Waals surface area contributed by atoms with Gasteiger partial charge in [0.25, 0.3) is 0 Å². The van der Waals surface area contributed by atoms with Crippen molar-refractivity contribution < 1.29 is 4.74 Å². The summed E-state index contributed by atoms with van der Waals surface area (Å²) in [6, 6.07) is 23.9. The van der Waals surface area contributed by atoms with Crippen LogP contribution in [0.25, 0.3) is 0 Å². The molecule has 0 bridgehead atoms. The van der Waals surface area contributed by atoms with Crippen molar-refractivity contribution in [3.63, 3.8) is 0 Å². The van der Waals surface area contributed by atoms with Crippen molar-refractivity contribution in [2.24, 2.45) is 10.7 Å². The summed E-state index contributed by atoms with van der Waals surface area (Å²) in [7, 11) is 0. The van der Waals surface area contributed by atoms with Crippen molar-refractivity contribution in [2.75, 3.05) is 6.61 Å². The lowest BCUT2D eigenvalue weighted by Gasteiger charge is -2.09. The molecule has 1 aromatic heterocycles. The molecule has 126 valence electrons. The first-order valence-electron chi connectivity index (χ1n) is 8.30. The van der Waals surface area contributed by atoms with Gasteiger partial charge in [-0.05, 0) is 23.3 Å². The van der Waals surface area contributed by atoms with Crippen LogP contribution in [0.15, 0.2) is 84.0 Å². The number of amidine groups is 1. The van der Waals surface area contributed by atoms with E-state index in [0.717, 1.165) is 12.0 Å². The van der Waals surface area contributed by atoms with Crippen molar-refractivity contribution in [1.29, 1.82) is 0 Å². The summed E-state index contributed by atoms with van der Waals surface area (Å²) in [6.07, 6.45) is 3.11. The molecular weight excluding hydrogens is 310 g/mol. The number of pyridine rings is 1. The molecule has 0 aliphatic rings. The lowest BCUT2D eigenvalue weighted by Crippen LogP contribution is -2.14. The number of nitrogens with zero attached hydrogens (tertiary/aromatic N) is 2. The third-order valence-electron chi connectivity index (χ3n) is 3.72. The molecule has 0 saturated heterocycles.